The van der Waals surface area contributed by atoms with Crippen LogP contribution in [0.2, 0.25) is 0 Å². The molecule has 2 unspecified atom stereocenters. The van der Waals surface area contributed by atoms with Crippen molar-refractivity contribution in [1.29, 1.82) is 0 Å². The van der Waals surface area contributed by atoms with E-state index in [4.69, 9.17) is 4.74 Å². The van der Waals surface area contributed by atoms with Crippen LogP contribution in [0.4, 0.5) is 0 Å². The zero-order valence-electron chi connectivity index (χ0n) is 39.0. The topological polar surface area (TPSA) is 196 Å². The van der Waals surface area contributed by atoms with Gasteiger partial charge < -0.3 is 30.7 Å². The van der Waals surface area contributed by atoms with E-state index < -0.39 is 47.8 Å². The fourth-order valence-corrected chi connectivity index (χ4v) is 7.16. The molecule has 1 aromatic carbocycles. The second-order valence-corrected chi connectivity index (χ2v) is 17.5. The third kappa shape index (κ3) is 28.3. The Hall–Kier alpha value is -5.43. The largest absolute Gasteiger partial charge is 0.480 e. The average molecular weight is 905 g/mol. The van der Waals surface area contributed by atoms with E-state index in [1.54, 1.807) is 30.3 Å². The van der Waals surface area contributed by atoms with Crippen molar-refractivity contribution in [2.75, 3.05) is 18.1 Å². The highest BCUT2D eigenvalue weighted by atomic mass is 32.2. The highest BCUT2D eigenvalue weighted by Gasteiger charge is 2.21. The predicted molar refractivity (Wildman–Crippen MR) is 258 cm³/mol. The number of benzene rings is 1. The molecular weight excluding hydrogens is 833 g/mol. The Morgan fingerprint density at radius 1 is 0.609 bits per heavy atom. The van der Waals surface area contributed by atoms with Gasteiger partial charge in [-0.05, 0) is 130 Å². The minimum atomic E-state index is -1.29. The Labute approximate surface area is 385 Å². The van der Waals surface area contributed by atoms with Gasteiger partial charge in [0.2, 0.25) is 11.8 Å². The van der Waals surface area contributed by atoms with Gasteiger partial charge in [0.05, 0.1) is 12.0 Å². The van der Waals surface area contributed by atoms with Gasteiger partial charge in [-0.1, -0.05) is 94.7 Å². The summed E-state index contributed by atoms with van der Waals surface area (Å²) in [5.41, 5.74) is 7.33. The normalized spacial score (nSPS) is 13.7. The van der Waals surface area contributed by atoms with E-state index in [1.807, 2.05) is 26.0 Å². The smallest absolute Gasteiger partial charge is 0.336 e. The monoisotopic (exact) mass is 904 g/mol. The number of unbranched alkanes of at least 4 members (excludes halogenated alkanes) is 1. The fraction of sp³-hybridized carbons (Fsp3) is 0.490. The van der Waals surface area contributed by atoms with Crippen LogP contribution in [0.3, 0.4) is 0 Å². The first-order chi connectivity index (χ1) is 30.4. The number of amides is 2. The summed E-state index contributed by atoms with van der Waals surface area (Å²) in [4.78, 5) is 72.5. The number of thioether (sulfide) groups is 1. The summed E-state index contributed by atoms with van der Waals surface area (Å²) in [6.07, 6.45) is 22.4. The minimum Gasteiger partial charge on any atom is -0.480 e. The lowest BCUT2D eigenvalue weighted by molar-refractivity contribution is -0.144. The summed E-state index contributed by atoms with van der Waals surface area (Å²) in [5, 5.41) is 33.7. The SMILES string of the molecule is CC(C)=CCCC(C)=CCCC(C)=CCCCC(NC(=O)CCC(=O)OCC(C)=CCCC(C)=CCCC(C)=CCSCC(NC(=O)C=C(C(=O)O)c1ccccc1)C(=O)O)C(=O)O. The molecule has 0 bridgehead atoms. The van der Waals surface area contributed by atoms with E-state index >= 15 is 0 Å². The summed E-state index contributed by atoms with van der Waals surface area (Å²) in [5.74, 6) is -4.75. The number of aliphatic carboxylic acids is 3. The van der Waals surface area contributed by atoms with Crippen molar-refractivity contribution in [2.24, 2.45) is 0 Å². The van der Waals surface area contributed by atoms with Crippen molar-refractivity contribution in [1.82, 2.24) is 10.6 Å². The van der Waals surface area contributed by atoms with E-state index in [9.17, 15) is 44.1 Å². The van der Waals surface area contributed by atoms with E-state index in [0.29, 0.717) is 24.2 Å². The molecule has 0 radical (unpaired) electrons. The van der Waals surface area contributed by atoms with E-state index in [2.05, 4.69) is 69.6 Å². The molecular formula is C51H72N2O10S. The Bertz CT molecular complexity index is 1900. The second kappa shape index (κ2) is 33.1. The number of allylic oxidation sites excluding steroid dienone is 10. The molecule has 1 rings (SSSR count). The lowest BCUT2D eigenvalue weighted by Gasteiger charge is -2.14. The van der Waals surface area contributed by atoms with Gasteiger partial charge in [-0.25, -0.2) is 14.4 Å². The van der Waals surface area contributed by atoms with Gasteiger partial charge in [-0.2, -0.15) is 11.8 Å². The third-order valence-electron chi connectivity index (χ3n) is 10.1. The quantitative estimate of drug-likeness (QED) is 0.0200. The summed E-state index contributed by atoms with van der Waals surface area (Å²) in [6, 6.07) is 5.93. The molecule has 64 heavy (non-hydrogen) atoms. The van der Waals surface area contributed by atoms with Crippen LogP contribution in [-0.2, 0) is 33.5 Å². The number of carboxylic acids is 3. The molecule has 0 aliphatic rings. The standard InChI is InChI=1S/C51H72N2O10S/c1-36(2)17-13-19-38(4)21-14-20-37(3)18-11-12-28-44(50(59)60)52-46(54)29-30-48(56)63-34-41(7)25-16-23-39(5)22-15-24-40(6)31-32-64-35-45(51(61)62)53-47(55)33-43(49(57)58)42-26-9-8-10-27-42/h8-10,17-18,21-22,25-27,31,33,44-45H,11-16,19-20,23-24,28-30,32,34-35H2,1-7H3,(H,52,54)(H,53,55)(H,57,58)(H,59,60)(H,61,62). The molecule has 12 nitrogen and oxygen atoms in total. The maximum absolute atomic E-state index is 12.5. The van der Waals surface area contributed by atoms with Crippen LogP contribution in [0.25, 0.3) is 5.57 Å². The maximum atomic E-state index is 12.5. The first-order valence-electron chi connectivity index (χ1n) is 22.1. The molecule has 352 valence electrons. The number of ether oxygens (including phenoxy) is 1. The van der Waals surface area contributed by atoms with Crippen molar-refractivity contribution in [2.45, 2.75) is 144 Å². The maximum Gasteiger partial charge on any atom is 0.336 e. The summed E-state index contributed by atoms with van der Waals surface area (Å²) >= 11 is 1.35. The van der Waals surface area contributed by atoms with Crippen LogP contribution in [0, 0.1) is 0 Å². The molecule has 0 saturated heterocycles. The number of hydrogen-bond donors (Lipinski definition) is 5. The van der Waals surface area contributed by atoms with Crippen molar-refractivity contribution < 1.29 is 48.8 Å². The highest BCUT2D eigenvalue weighted by Crippen LogP contribution is 2.17. The first-order valence-corrected chi connectivity index (χ1v) is 23.2. The Morgan fingerprint density at radius 2 is 1.12 bits per heavy atom. The molecule has 0 fully saturated rings. The van der Waals surface area contributed by atoms with Gasteiger partial charge in [-0.3, -0.25) is 14.4 Å². The fourth-order valence-electron chi connectivity index (χ4n) is 6.16. The molecule has 5 N–H and O–H groups in total. The average Bonchev–Trinajstić information content (AvgIpc) is 3.23. The molecule has 13 heteroatoms. The molecule has 0 heterocycles. The molecule has 0 spiro atoms. The Morgan fingerprint density at radius 3 is 1.66 bits per heavy atom. The lowest BCUT2D eigenvalue weighted by Crippen LogP contribution is -2.42. The molecule has 0 aliphatic carbocycles. The van der Waals surface area contributed by atoms with Gasteiger partial charge in [-0.15, -0.1) is 0 Å². The van der Waals surface area contributed by atoms with E-state index in [-0.39, 0.29) is 30.8 Å². The van der Waals surface area contributed by atoms with Gasteiger partial charge in [0.1, 0.15) is 18.7 Å². The summed E-state index contributed by atoms with van der Waals surface area (Å²) < 4.78 is 5.33. The van der Waals surface area contributed by atoms with Crippen molar-refractivity contribution >= 4 is 53.0 Å². The number of carbonyl (C=O) groups excluding carboxylic acids is 3. The van der Waals surface area contributed by atoms with Crippen LogP contribution >= 0.6 is 11.8 Å². The van der Waals surface area contributed by atoms with E-state index in [0.717, 1.165) is 75.0 Å². The number of nitrogens with one attached hydrogen (secondary N) is 2. The van der Waals surface area contributed by atoms with Crippen LogP contribution < -0.4 is 10.6 Å². The zero-order chi connectivity index (χ0) is 47.9. The Balaban J connectivity index is 2.36. The molecule has 2 atom stereocenters. The molecule has 2 amide bonds. The predicted octanol–water partition coefficient (Wildman–Crippen LogP) is 10.3. The van der Waals surface area contributed by atoms with E-state index in [1.165, 1.54) is 34.1 Å². The van der Waals surface area contributed by atoms with Crippen molar-refractivity contribution in [3.05, 3.63) is 112 Å². The summed E-state index contributed by atoms with van der Waals surface area (Å²) in [7, 11) is 0. The van der Waals surface area contributed by atoms with Crippen LogP contribution in [0.15, 0.2) is 106 Å². The molecule has 1 aromatic rings. The zero-order valence-corrected chi connectivity index (χ0v) is 39.8. The van der Waals surface area contributed by atoms with Gasteiger partial charge in [0, 0.05) is 24.0 Å². The number of hydrogen-bond acceptors (Lipinski definition) is 8. The van der Waals surface area contributed by atoms with Gasteiger partial charge in [0.25, 0.3) is 0 Å². The second-order valence-electron chi connectivity index (χ2n) is 16.4. The van der Waals surface area contributed by atoms with Gasteiger partial charge >= 0.3 is 23.9 Å². The number of rotatable bonds is 32. The molecule has 0 aromatic heterocycles. The van der Waals surface area contributed by atoms with Crippen LogP contribution in [0.1, 0.15) is 138 Å². The Kier molecular flexibility index (Phi) is 29.3. The first kappa shape index (κ1) is 56.6. The van der Waals surface area contributed by atoms with Crippen molar-refractivity contribution in [3.8, 4) is 0 Å². The van der Waals surface area contributed by atoms with Crippen LogP contribution in [0.5, 0.6) is 0 Å². The number of carboxylic acid groups (broad SMARTS) is 3. The number of carbonyl (C=O) groups is 6. The third-order valence-corrected chi connectivity index (χ3v) is 11.0. The summed E-state index contributed by atoms with van der Waals surface area (Å²) in [6.45, 7) is 14.5. The molecule has 0 saturated carbocycles. The minimum absolute atomic E-state index is 0.110. The van der Waals surface area contributed by atoms with Gasteiger partial charge in [0.15, 0.2) is 0 Å². The number of esters is 1. The molecule has 0 aliphatic heterocycles. The van der Waals surface area contributed by atoms with Crippen molar-refractivity contribution in [3.63, 3.8) is 0 Å². The van der Waals surface area contributed by atoms with Crippen LogP contribution in [-0.4, -0.2) is 81.2 Å². The lowest BCUT2D eigenvalue weighted by atomic mass is 10.0. The highest BCUT2D eigenvalue weighted by molar-refractivity contribution is 7.99.